The number of rotatable bonds is 3. The van der Waals surface area contributed by atoms with Crippen LogP contribution in [0.25, 0.3) is 33.6 Å². The SMILES string of the molecule is CC1C2CCCCCn3c(-c4nc5cc6c(cc5n4C)CCN(C[C@H]4COCCN4)C6=O)cc4ccc(nc43)[C@@H](C)NC(=O)[C@H]12. The van der Waals surface area contributed by atoms with Crippen molar-refractivity contribution in [1.29, 1.82) is 0 Å². The lowest BCUT2D eigenvalue weighted by atomic mass is 9.97. The number of hydrogen-bond acceptors (Lipinski definition) is 6. The van der Waals surface area contributed by atoms with Crippen molar-refractivity contribution < 1.29 is 14.3 Å². The molecule has 10 heteroatoms. The Kier molecular flexibility index (Phi) is 7.17. The number of imidazole rings is 1. The van der Waals surface area contributed by atoms with Gasteiger partial charge in [-0.2, -0.15) is 0 Å². The van der Waals surface area contributed by atoms with Gasteiger partial charge in [0.2, 0.25) is 5.91 Å². The van der Waals surface area contributed by atoms with Crippen LogP contribution in [-0.2, 0) is 29.5 Å². The summed E-state index contributed by atoms with van der Waals surface area (Å²) in [4.78, 5) is 38.9. The molecule has 6 heterocycles. The summed E-state index contributed by atoms with van der Waals surface area (Å²) < 4.78 is 10.1. The highest BCUT2D eigenvalue weighted by Crippen LogP contribution is 2.49. The van der Waals surface area contributed by atoms with Crippen LogP contribution in [0.2, 0.25) is 0 Å². The summed E-state index contributed by atoms with van der Waals surface area (Å²) in [7, 11) is 2.07. The van der Waals surface area contributed by atoms with E-state index in [0.29, 0.717) is 31.5 Å². The Morgan fingerprint density at radius 1 is 1.04 bits per heavy atom. The van der Waals surface area contributed by atoms with Crippen LogP contribution in [-0.4, -0.2) is 74.7 Å². The fraction of sp³-hybridized carbons (Fsp3) is 0.543. The van der Waals surface area contributed by atoms with Crippen LogP contribution in [0.15, 0.2) is 30.3 Å². The lowest BCUT2D eigenvalue weighted by Gasteiger charge is -2.33. The van der Waals surface area contributed by atoms with Crippen molar-refractivity contribution in [3.05, 3.63) is 47.2 Å². The van der Waals surface area contributed by atoms with Crippen molar-refractivity contribution in [2.24, 2.45) is 24.8 Å². The number of pyridine rings is 1. The summed E-state index contributed by atoms with van der Waals surface area (Å²) in [5.41, 5.74) is 6.54. The van der Waals surface area contributed by atoms with Crippen LogP contribution < -0.4 is 10.6 Å². The standard InChI is InChI=1S/C35H43N7O3/c1-20-25-7-5-4-6-12-42-30(16-23-8-9-27(38-32(23)42)21(2)37-34(43)31(20)25)33-39-28-17-26-22(15-29(28)40(33)3)10-13-41(35(26)44)18-24-19-45-14-11-36-24/h8-9,15-17,20-21,24-25,31,36H,4-7,10-14,18-19H2,1-3H3,(H,37,43)/t20?,21-,24+,25?,31-/m1/s1. The molecule has 4 aliphatic rings. The number of carbonyl (C=O) groups excluding carboxylic acids is 2. The second-order valence-electron chi connectivity index (χ2n) is 13.7. The summed E-state index contributed by atoms with van der Waals surface area (Å²) >= 11 is 0. The summed E-state index contributed by atoms with van der Waals surface area (Å²) in [6, 6.07) is 10.5. The highest BCUT2D eigenvalue weighted by Gasteiger charge is 2.50. The predicted octanol–water partition coefficient (Wildman–Crippen LogP) is 4.21. The molecule has 5 atom stereocenters. The number of hydrogen-bond donors (Lipinski definition) is 2. The zero-order valence-electron chi connectivity index (χ0n) is 26.5. The number of nitrogens with one attached hydrogen (secondary N) is 2. The van der Waals surface area contributed by atoms with Gasteiger partial charge in [-0.1, -0.05) is 19.8 Å². The molecule has 2 unspecified atom stereocenters. The summed E-state index contributed by atoms with van der Waals surface area (Å²) in [5.74, 6) is 2.21. The molecule has 2 bridgehead atoms. The molecule has 1 saturated carbocycles. The molecule has 0 spiro atoms. The van der Waals surface area contributed by atoms with Crippen molar-refractivity contribution in [2.45, 2.75) is 64.6 Å². The number of benzene rings is 1. The largest absolute Gasteiger partial charge is 0.378 e. The number of ether oxygens (including phenoxy) is 1. The smallest absolute Gasteiger partial charge is 0.254 e. The molecule has 45 heavy (non-hydrogen) atoms. The van der Waals surface area contributed by atoms with Crippen LogP contribution >= 0.6 is 0 Å². The van der Waals surface area contributed by atoms with Crippen LogP contribution in [0.4, 0.5) is 0 Å². The van der Waals surface area contributed by atoms with Gasteiger partial charge in [-0.3, -0.25) is 9.59 Å². The zero-order valence-corrected chi connectivity index (χ0v) is 26.5. The molecule has 2 amide bonds. The first-order valence-electron chi connectivity index (χ1n) is 16.8. The van der Waals surface area contributed by atoms with Gasteiger partial charge in [0.15, 0.2) is 5.82 Å². The van der Waals surface area contributed by atoms with Gasteiger partial charge in [-0.05, 0) is 73.9 Å². The van der Waals surface area contributed by atoms with Crippen molar-refractivity contribution in [2.75, 3.05) is 32.8 Å². The maximum atomic E-state index is 13.6. The molecule has 2 fully saturated rings. The van der Waals surface area contributed by atoms with Crippen molar-refractivity contribution in [1.82, 2.24) is 34.6 Å². The zero-order chi connectivity index (χ0) is 30.8. The maximum Gasteiger partial charge on any atom is 0.254 e. The van der Waals surface area contributed by atoms with E-state index in [9.17, 15) is 9.59 Å². The minimum Gasteiger partial charge on any atom is -0.378 e. The van der Waals surface area contributed by atoms with Crippen molar-refractivity contribution in [3.8, 4) is 11.5 Å². The normalized spacial score (nSPS) is 27.4. The summed E-state index contributed by atoms with van der Waals surface area (Å²) in [5, 5.41) is 7.79. The lowest BCUT2D eigenvalue weighted by Crippen LogP contribution is -2.51. The second-order valence-corrected chi connectivity index (χ2v) is 13.7. The number of aryl methyl sites for hydroxylation is 2. The minimum atomic E-state index is -0.161. The molecule has 1 aromatic carbocycles. The lowest BCUT2D eigenvalue weighted by molar-refractivity contribution is -0.123. The fourth-order valence-corrected chi connectivity index (χ4v) is 8.05. The number of morpholine rings is 1. The summed E-state index contributed by atoms with van der Waals surface area (Å²) in [6.45, 7) is 8.64. The number of nitrogens with zero attached hydrogens (tertiary/aromatic N) is 5. The van der Waals surface area contributed by atoms with Crippen molar-refractivity contribution >= 4 is 33.9 Å². The molecule has 2 N–H and O–H groups in total. The molecule has 1 aliphatic carbocycles. The van der Waals surface area contributed by atoms with Gasteiger partial charge < -0.3 is 29.4 Å². The monoisotopic (exact) mass is 609 g/mol. The quantitative estimate of drug-likeness (QED) is 0.361. The van der Waals surface area contributed by atoms with Gasteiger partial charge >= 0.3 is 0 Å². The molecule has 0 radical (unpaired) electrons. The van der Waals surface area contributed by atoms with E-state index in [2.05, 4.69) is 51.9 Å². The topological polar surface area (TPSA) is 106 Å². The summed E-state index contributed by atoms with van der Waals surface area (Å²) in [6.07, 6.45) is 5.23. The average molecular weight is 610 g/mol. The van der Waals surface area contributed by atoms with Gasteiger partial charge in [0.25, 0.3) is 5.91 Å². The Morgan fingerprint density at radius 3 is 2.78 bits per heavy atom. The highest BCUT2D eigenvalue weighted by atomic mass is 16.5. The minimum absolute atomic E-state index is 0.0739. The third-order valence-electron chi connectivity index (χ3n) is 10.8. The predicted molar refractivity (Wildman–Crippen MR) is 173 cm³/mol. The van der Waals surface area contributed by atoms with Gasteiger partial charge in [0.05, 0.1) is 41.7 Å². The Hall–Kier alpha value is -3.76. The molecule has 236 valence electrons. The van der Waals surface area contributed by atoms with E-state index in [1.807, 2.05) is 24.0 Å². The number of fused-ring (bicyclic) bond motifs is 4. The van der Waals surface area contributed by atoms with E-state index in [-0.39, 0.29) is 29.8 Å². The highest BCUT2D eigenvalue weighted by molar-refractivity contribution is 6.00. The van der Waals surface area contributed by atoms with E-state index < -0.39 is 0 Å². The molecular formula is C35H43N7O3. The molecule has 3 aromatic heterocycles. The Labute approximate surface area is 263 Å². The van der Waals surface area contributed by atoms with Gasteiger partial charge in [-0.25, -0.2) is 9.97 Å². The van der Waals surface area contributed by atoms with Crippen LogP contribution in [0.3, 0.4) is 0 Å². The fourth-order valence-electron chi connectivity index (χ4n) is 8.05. The van der Waals surface area contributed by atoms with Gasteiger partial charge in [-0.15, -0.1) is 0 Å². The van der Waals surface area contributed by atoms with Crippen molar-refractivity contribution in [3.63, 3.8) is 0 Å². The Bertz CT molecular complexity index is 1800. The van der Waals surface area contributed by atoms with Crippen LogP contribution in [0, 0.1) is 17.8 Å². The first-order chi connectivity index (χ1) is 21.9. The molecule has 8 rings (SSSR count). The Morgan fingerprint density at radius 2 is 1.93 bits per heavy atom. The van der Waals surface area contributed by atoms with Gasteiger partial charge in [0.1, 0.15) is 5.65 Å². The van der Waals surface area contributed by atoms with E-state index >= 15 is 0 Å². The van der Waals surface area contributed by atoms with E-state index in [0.717, 1.165) is 102 Å². The third kappa shape index (κ3) is 5.02. The molecule has 10 nitrogen and oxygen atoms in total. The molecule has 4 aromatic rings. The van der Waals surface area contributed by atoms with E-state index in [1.165, 1.54) is 0 Å². The number of aromatic nitrogens is 4. The average Bonchev–Trinajstić information content (AvgIpc) is 3.38. The maximum absolute atomic E-state index is 13.6. The third-order valence-corrected chi connectivity index (χ3v) is 10.8. The second kappa shape index (κ2) is 11.2. The first kappa shape index (κ1) is 28.7. The molecular weight excluding hydrogens is 566 g/mol. The van der Waals surface area contributed by atoms with E-state index in [4.69, 9.17) is 14.7 Å². The van der Waals surface area contributed by atoms with Crippen LogP contribution in [0.5, 0.6) is 0 Å². The van der Waals surface area contributed by atoms with Gasteiger partial charge in [0, 0.05) is 56.1 Å². The number of amides is 2. The Balaban J connectivity index is 1.14. The molecule has 3 aliphatic heterocycles. The van der Waals surface area contributed by atoms with Crippen LogP contribution in [0.1, 0.15) is 67.2 Å². The molecule has 1 saturated heterocycles. The number of carbonyl (C=O) groups is 2. The first-order valence-corrected chi connectivity index (χ1v) is 16.8. The van der Waals surface area contributed by atoms with E-state index in [1.54, 1.807) is 0 Å².